The van der Waals surface area contributed by atoms with Gasteiger partial charge in [-0.25, -0.2) is 0 Å². The van der Waals surface area contributed by atoms with Crippen molar-refractivity contribution >= 4 is 23.7 Å². The summed E-state index contributed by atoms with van der Waals surface area (Å²) in [6, 6.07) is 3.34. The fraction of sp³-hybridized carbons (Fsp3) is 0.667. The summed E-state index contributed by atoms with van der Waals surface area (Å²) in [6.45, 7) is 3.76. The number of rotatable bonds is 14. The van der Waals surface area contributed by atoms with Crippen LogP contribution in [0.4, 0.5) is 0 Å². The highest BCUT2D eigenvalue weighted by molar-refractivity contribution is 5.94. The van der Waals surface area contributed by atoms with Crippen LogP contribution in [0.5, 0.6) is 5.75 Å². The minimum Gasteiger partial charge on any atom is -0.508 e. The number of phenolic OH excluding ortho intramolecular Hbond substituents is 1. The maximum atomic E-state index is 14.3. The van der Waals surface area contributed by atoms with Gasteiger partial charge in [-0.3, -0.25) is 19.4 Å². The second-order valence-corrected chi connectivity index (χ2v) is 11.9. The molecule has 0 aromatic heterocycles. The summed E-state index contributed by atoms with van der Waals surface area (Å²) in [5, 5.41) is 46.2. The van der Waals surface area contributed by atoms with Crippen molar-refractivity contribution in [2.24, 2.45) is 28.3 Å². The second-order valence-electron chi connectivity index (χ2n) is 11.9. The molecule has 0 spiro atoms. The van der Waals surface area contributed by atoms with Crippen molar-refractivity contribution in [1.29, 1.82) is 0 Å². The summed E-state index contributed by atoms with van der Waals surface area (Å²) in [5.41, 5.74) is 11.4. The number of nitrogens with two attached hydrogens (primary N) is 2. The third-order valence-electron chi connectivity index (χ3n) is 8.72. The van der Waals surface area contributed by atoms with Crippen LogP contribution in [-0.4, -0.2) is 98.5 Å². The summed E-state index contributed by atoms with van der Waals surface area (Å²) in [4.78, 5) is 46.4. The highest BCUT2D eigenvalue weighted by atomic mass is 16.3. The van der Waals surface area contributed by atoms with E-state index in [1.807, 2.05) is 13.8 Å². The number of aliphatic hydroxyl groups excluding tert-OH is 3. The predicted octanol–water partition coefficient (Wildman–Crippen LogP) is -0.512. The molecule has 1 aliphatic carbocycles. The Morgan fingerprint density at radius 3 is 2.44 bits per heavy atom. The molecule has 13 heteroatoms. The molecule has 0 unspecified atom stereocenters. The van der Waals surface area contributed by atoms with Crippen molar-refractivity contribution in [2.45, 2.75) is 102 Å². The molecule has 13 nitrogen and oxygen atoms in total. The van der Waals surface area contributed by atoms with E-state index in [9.17, 15) is 34.8 Å². The third-order valence-corrected chi connectivity index (χ3v) is 8.72. The minimum absolute atomic E-state index is 0.00548. The summed E-state index contributed by atoms with van der Waals surface area (Å²) in [7, 11) is 0. The van der Waals surface area contributed by atoms with Gasteiger partial charge in [0.1, 0.15) is 23.9 Å². The van der Waals surface area contributed by atoms with Crippen LogP contribution in [0.15, 0.2) is 29.3 Å². The smallest absolute Gasteiger partial charge is 0.249 e. The Labute approximate surface area is 252 Å². The molecule has 0 bridgehead atoms. The van der Waals surface area contributed by atoms with Crippen LogP contribution < -0.4 is 22.1 Å². The summed E-state index contributed by atoms with van der Waals surface area (Å²) < 4.78 is 0. The van der Waals surface area contributed by atoms with Crippen molar-refractivity contribution in [3.05, 3.63) is 29.8 Å². The monoisotopic (exact) mass is 604 g/mol. The molecule has 0 radical (unpaired) electrons. The number of hydrogen-bond acceptors (Lipinski definition) is 8. The molecule has 8 atom stereocenters. The van der Waals surface area contributed by atoms with E-state index < -0.39 is 48.1 Å². The number of aliphatic hydroxyl groups is 3. The second kappa shape index (κ2) is 15.9. The Balaban J connectivity index is 1.79. The molecule has 43 heavy (non-hydrogen) atoms. The number of phenols is 1. The van der Waals surface area contributed by atoms with Crippen LogP contribution in [0.3, 0.4) is 0 Å². The van der Waals surface area contributed by atoms with Gasteiger partial charge in [0.05, 0.1) is 18.8 Å². The minimum atomic E-state index is -1.44. The van der Waals surface area contributed by atoms with E-state index >= 15 is 0 Å². The zero-order chi connectivity index (χ0) is 31.7. The highest BCUT2D eigenvalue weighted by Crippen LogP contribution is 2.40. The third kappa shape index (κ3) is 9.28. The van der Waals surface area contributed by atoms with Crippen LogP contribution in [0, 0.1) is 11.8 Å². The predicted molar refractivity (Wildman–Crippen MR) is 161 cm³/mol. The molecule has 1 heterocycles. The lowest BCUT2D eigenvalue weighted by Crippen LogP contribution is -2.60. The lowest BCUT2D eigenvalue weighted by molar-refractivity contribution is -0.147. The molecule has 2 fully saturated rings. The number of likely N-dealkylation sites (tertiary alicyclic amines) is 1. The lowest BCUT2D eigenvalue weighted by atomic mass is 9.83. The van der Waals surface area contributed by atoms with Gasteiger partial charge in [-0.15, -0.1) is 0 Å². The summed E-state index contributed by atoms with van der Waals surface area (Å²) >= 11 is 0. The van der Waals surface area contributed by atoms with Crippen LogP contribution in [0.1, 0.15) is 64.4 Å². The van der Waals surface area contributed by atoms with Crippen molar-refractivity contribution in [3.8, 4) is 5.75 Å². The Hall–Kier alpha value is -3.42. The van der Waals surface area contributed by atoms with Crippen LogP contribution in [0.2, 0.25) is 0 Å². The first-order valence-corrected chi connectivity index (χ1v) is 15.2. The largest absolute Gasteiger partial charge is 0.508 e. The van der Waals surface area contributed by atoms with Crippen LogP contribution >= 0.6 is 0 Å². The van der Waals surface area contributed by atoms with E-state index in [1.165, 1.54) is 17.0 Å². The number of fused-ring (bicyclic) bond motifs is 1. The van der Waals surface area contributed by atoms with Gasteiger partial charge in [0.2, 0.25) is 17.7 Å². The Kier molecular flexibility index (Phi) is 12.6. The molecule has 3 rings (SSSR count). The van der Waals surface area contributed by atoms with Crippen molar-refractivity contribution < 1.29 is 34.8 Å². The number of hydrogen-bond donors (Lipinski definition) is 8. The number of aliphatic imine (C=N–C) groups is 1. The fourth-order valence-electron chi connectivity index (χ4n) is 6.08. The van der Waals surface area contributed by atoms with Gasteiger partial charge in [-0.1, -0.05) is 32.4 Å². The van der Waals surface area contributed by atoms with Gasteiger partial charge in [0.25, 0.3) is 0 Å². The fourth-order valence-corrected chi connectivity index (χ4v) is 6.08. The standard InChI is InChI=1S/C30H48N6O7/c1-3-17(2)26(35-28(42)25(40)13-18-6-9-21(38)10-7-18)29(43)36-23-15-22(39)11-8-19(23)14-24(36)27(41)34-20(16-37)5-4-12-33-30(31)32/h6-7,9-10,17,19-20,22-26,37-40H,3-5,8,11-16H2,1-2H3,(H,34,41)(H,35,42)(H4,31,32,33)/t17-,19-,20-,22+,23-,24-,25-,26-/m0/s1. The van der Waals surface area contributed by atoms with Crippen molar-refractivity contribution in [2.75, 3.05) is 13.2 Å². The van der Waals surface area contributed by atoms with Gasteiger partial charge in [-0.05, 0) is 68.1 Å². The zero-order valence-corrected chi connectivity index (χ0v) is 25.1. The zero-order valence-electron chi connectivity index (χ0n) is 25.1. The first kappa shape index (κ1) is 34.1. The molecular weight excluding hydrogens is 556 g/mol. The molecular formula is C30H48N6O7. The molecule has 10 N–H and O–H groups in total. The van der Waals surface area contributed by atoms with E-state index in [0.29, 0.717) is 57.1 Å². The lowest BCUT2D eigenvalue weighted by Gasteiger charge is -2.38. The topological polar surface area (TPSA) is 224 Å². The SMILES string of the molecule is CC[C@H](C)[C@H](NC(=O)[C@@H](O)Cc1ccc(O)cc1)C(=O)N1[C@H](C(=O)N[C@H](CO)CCCN=C(N)N)C[C@@H]2CC[C@@H](O)C[C@@H]21. The Morgan fingerprint density at radius 1 is 1.12 bits per heavy atom. The average Bonchev–Trinajstić information content (AvgIpc) is 3.36. The Morgan fingerprint density at radius 2 is 1.81 bits per heavy atom. The number of nitrogens with zero attached hydrogens (tertiary/aromatic N) is 2. The van der Waals surface area contributed by atoms with Gasteiger partial charge in [0.15, 0.2) is 5.96 Å². The molecule has 240 valence electrons. The number of carbonyl (C=O) groups is 3. The van der Waals surface area contributed by atoms with E-state index in [-0.39, 0.29) is 42.6 Å². The van der Waals surface area contributed by atoms with Gasteiger partial charge < -0.3 is 47.4 Å². The number of benzene rings is 1. The van der Waals surface area contributed by atoms with E-state index in [2.05, 4.69) is 15.6 Å². The quantitative estimate of drug-likeness (QED) is 0.0776. The maximum absolute atomic E-state index is 14.3. The number of carbonyl (C=O) groups excluding carboxylic acids is 3. The molecule has 1 aromatic rings. The van der Waals surface area contributed by atoms with Crippen LogP contribution in [0.25, 0.3) is 0 Å². The number of guanidine groups is 1. The van der Waals surface area contributed by atoms with Crippen LogP contribution in [-0.2, 0) is 20.8 Å². The van der Waals surface area contributed by atoms with Crippen molar-refractivity contribution in [1.82, 2.24) is 15.5 Å². The highest BCUT2D eigenvalue weighted by Gasteiger charge is 2.51. The van der Waals surface area contributed by atoms with E-state index in [0.717, 1.165) is 0 Å². The molecule has 1 saturated heterocycles. The molecule has 1 saturated carbocycles. The average molecular weight is 605 g/mol. The first-order chi connectivity index (χ1) is 20.4. The molecule has 1 aromatic carbocycles. The van der Waals surface area contributed by atoms with Gasteiger partial charge in [-0.2, -0.15) is 0 Å². The summed E-state index contributed by atoms with van der Waals surface area (Å²) in [5.74, 6) is -1.83. The summed E-state index contributed by atoms with van der Waals surface area (Å²) in [6.07, 6.45) is 1.43. The van der Waals surface area contributed by atoms with Gasteiger partial charge >= 0.3 is 0 Å². The number of amides is 3. The van der Waals surface area contributed by atoms with Gasteiger partial charge in [0, 0.05) is 19.0 Å². The van der Waals surface area contributed by atoms with Crippen molar-refractivity contribution in [3.63, 3.8) is 0 Å². The number of aromatic hydroxyl groups is 1. The Bertz CT molecular complexity index is 1110. The van der Waals surface area contributed by atoms with E-state index in [1.54, 1.807) is 12.1 Å². The maximum Gasteiger partial charge on any atom is 0.249 e. The normalized spacial score (nSPS) is 24.3. The number of nitrogens with one attached hydrogen (secondary N) is 2. The molecule has 3 amide bonds. The first-order valence-electron chi connectivity index (χ1n) is 15.2. The molecule has 2 aliphatic rings. The molecule has 1 aliphatic heterocycles. The van der Waals surface area contributed by atoms with E-state index in [4.69, 9.17) is 11.5 Å².